The van der Waals surface area contributed by atoms with E-state index in [1.54, 1.807) is 24.0 Å². The summed E-state index contributed by atoms with van der Waals surface area (Å²) in [5.74, 6) is 0.395. The summed E-state index contributed by atoms with van der Waals surface area (Å²) in [5, 5.41) is 3.64. The number of carbonyl (C=O) groups is 2. The Kier molecular flexibility index (Phi) is 3.10. The summed E-state index contributed by atoms with van der Waals surface area (Å²) in [6, 6.07) is 7.22. The fourth-order valence-electron chi connectivity index (χ4n) is 2.46. The molecule has 2 heterocycles. The number of fused-ring (bicyclic) bond motifs is 1. The maximum atomic E-state index is 12.6. The largest absolute Gasteiger partial charge is 0.361 e. The molecule has 0 aliphatic carbocycles. The number of Topliss-reactive ketones (excluding diaryl/α,β-unsaturated/α-hetero) is 1. The lowest BCUT2D eigenvalue weighted by atomic mass is 10.1. The maximum absolute atomic E-state index is 12.6. The van der Waals surface area contributed by atoms with Crippen LogP contribution in [0.1, 0.15) is 39.3 Å². The maximum Gasteiger partial charge on any atom is 0.263 e. The van der Waals surface area contributed by atoms with Crippen LogP contribution in [0.3, 0.4) is 0 Å². The van der Waals surface area contributed by atoms with Gasteiger partial charge in [-0.15, -0.1) is 0 Å². The van der Waals surface area contributed by atoms with Gasteiger partial charge in [0.25, 0.3) is 5.91 Å². The smallest absolute Gasteiger partial charge is 0.263 e. The Labute approximate surface area is 116 Å². The van der Waals surface area contributed by atoms with Crippen molar-refractivity contribution in [2.45, 2.75) is 19.8 Å². The van der Waals surface area contributed by atoms with Crippen molar-refractivity contribution in [3.63, 3.8) is 0 Å². The Hall–Kier alpha value is -2.43. The van der Waals surface area contributed by atoms with Crippen LogP contribution in [0, 0.1) is 6.92 Å². The molecule has 0 atom stereocenters. The molecule has 1 aromatic heterocycles. The minimum atomic E-state index is -0.175. The molecule has 0 saturated carbocycles. The van der Waals surface area contributed by atoms with Gasteiger partial charge in [-0.3, -0.25) is 9.59 Å². The van der Waals surface area contributed by atoms with Crippen LogP contribution in [-0.2, 0) is 0 Å². The molecule has 20 heavy (non-hydrogen) atoms. The van der Waals surface area contributed by atoms with Gasteiger partial charge >= 0.3 is 0 Å². The fourth-order valence-corrected chi connectivity index (χ4v) is 2.46. The molecule has 1 aliphatic rings. The summed E-state index contributed by atoms with van der Waals surface area (Å²) in [7, 11) is 0. The molecule has 0 saturated heterocycles. The second-order valence-corrected chi connectivity index (χ2v) is 4.80. The third kappa shape index (κ3) is 2.01. The molecule has 1 aliphatic heterocycles. The second-order valence-electron chi connectivity index (χ2n) is 4.80. The molecule has 0 bridgehead atoms. The first-order valence-corrected chi connectivity index (χ1v) is 6.54. The van der Waals surface area contributed by atoms with Gasteiger partial charge in [-0.05, 0) is 25.5 Å². The quantitative estimate of drug-likeness (QED) is 0.799. The van der Waals surface area contributed by atoms with E-state index >= 15 is 0 Å². The Balaban J connectivity index is 2.06. The first-order valence-electron chi connectivity index (χ1n) is 6.54. The highest BCUT2D eigenvalue weighted by atomic mass is 16.5. The SMILES string of the molecule is Cc1oncc1C(=O)N1CCCC(=O)c2ccccc21. The highest BCUT2D eigenvalue weighted by molar-refractivity contribution is 6.11. The Morgan fingerprint density at radius 3 is 2.90 bits per heavy atom. The Morgan fingerprint density at radius 2 is 2.15 bits per heavy atom. The molecule has 0 spiro atoms. The molecular weight excluding hydrogens is 256 g/mol. The van der Waals surface area contributed by atoms with Crippen molar-refractivity contribution in [3.8, 4) is 0 Å². The van der Waals surface area contributed by atoms with Crippen LogP contribution in [0.2, 0.25) is 0 Å². The summed E-state index contributed by atoms with van der Waals surface area (Å²) < 4.78 is 4.95. The van der Waals surface area contributed by atoms with Crippen molar-refractivity contribution in [3.05, 3.63) is 47.3 Å². The average Bonchev–Trinajstić information content (AvgIpc) is 2.81. The number of benzene rings is 1. The van der Waals surface area contributed by atoms with Gasteiger partial charge in [-0.1, -0.05) is 17.3 Å². The molecule has 3 rings (SSSR count). The monoisotopic (exact) mass is 270 g/mol. The average molecular weight is 270 g/mol. The van der Waals surface area contributed by atoms with Crippen LogP contribution in [0.4, 0.5) is 5.69 Å². The number of ketones is 1. The normalized spacial score (nSPS) is 14.8. The van der Waals surface area contributed by atoms with E-state index < -0.39 is 0 Å². The summed E-state index contributed by atoms with van der Waals surface area (Å²) in [5.41, 5.74) is 1.71. The topological polar surface area (TPSA) is 63.4 Å². The van der Waals surface area contributed by atoms with E-state index in [-0.39, 0.29) is 11.7 Å². The highest BCUT2D eigenvalue weighted by Crippen LogP contribution is 2.28. The first-order chi connectivity index (χ1) is 9.68. The molecular formula is C15H14N2O3. The number of para-hydroxylation sites is 1. The zero-order valence-corrected chi connectivity index (χ0v) is 11.1. The van der Waals surface area contributed by atoms with Crippen LogP contribution in [-0.4, -0.2) is 23.4 Å². The molecule has 5 nitrogen and oxygen atoms in total. The number of hydrogen-bond donors (Lipinski definition) is 0. The van der Waals surface area contributed by atoms with Crippen molar-refractivity contribution < 1.29 is 14.1 Å². The van der Waals surface area contributed by atoms with Gasteiger partial charge in [0.1, 0.15) is 11.3 Å². The molecule has 1 aromatic carbocycles. The van der Waals surface area contributed by atoms with Gasteiger partial charge in [0.15, 0.2) is 5.78 Å². The number of nitrogens with zero attached hydrogens (tertiary/aromatic N) is 2. The van der Waals surface area contributed by atoms with Gasteiger partial charge in [-0.2, -0.15) is 0 Å². The van der Waals surface area contributed by atoms with E-state index in [9.17, 15) is 9.59 Å². The van der Waals surface area contributed by atoms with E-state index in [4.69, 9.17) is 4.52 Å². The van der Waals surface area contributed by atoms with Gasteiger partial charge in [0.2, 0.25) is 0 Å². The van der Waals surface area contributed by atoms with Crippen molar-refractivity contribution in [2.24, 2.45) is 0 Å². The lowest BCUT2D eigenvalue weighted by Crippen LogP contribution is -2.31. The summed E-state index contributed by atoms with van der Waals surface area (Å²) in [6.07, 6.45) is 2.54. The van der Waals surface area contributed by atoms with E-state index in [0.29, 0.717) is 42.0 Å². The molecule has 5 heteroatoms. The van der Waals surface area contributed by atoms with Gasteiger partial charge in [0.05, 0.1) is 11.9 Å². The molecule has 1 amide bonds. The molecule has 0 unspecified atom stereocenters. The van der Waals surface area contributed by atoms with Crippen LogP contribution >= 0.6 is 0 Å². The number of hydrogen-bond acceptors (Lipinski definition) is 4. The Bertz CT molecular complexity index is 675. The van der Waals surface area contributed by atoms with E-state index in [2.05, 4.69) is 5.16 Å². The number of aromatic nitrogens is 1. The molecule has 0 N–H and O–H groups in total. The van der Waals surface area contributed by atoms with E-state index in [1.165, 1.54) is 6.20 Å². The van der Waals surface area contributed by atoms with Crippen molar-refractivity contribution in [2.75, 3.05) is 11.4 Å². The number of amides is 1. The lowest BCUT2D eigenvalue weighted by Gasteiger charge is -2.21. The first kappa shape index (κ1) is 12.6. The molecule has 2 aromatic rings. The van der Waals surface area contributed by atoms with Gasteiger partial charge < -0.3 is 9.42 Å². The summed E-state index contributed by atoms with van der Waals surface area (Å²) in [6.45, 7) is 2.22. The number of carbonyl (C=O) groups excluding carboxylic acids is 2. The number of aryl methyl sites for hydroxylation is 1. The lowest BCUT2D eigenvalue weighted by molar-refractivity contribution is 0.0973. The predicted molar refractivity (Wildman–Crippen MR) is 72.9 cm³/mol. The fraction of sp³-hybridized carbons (Fsp3) is 0.267. The van der Waals surface area contributed by atoms with Crippen LogP contribution in [0.25, 0.3) is 0 Å². The second kappa shape index (κ2) is 4.92. The minimum Gasteiger partial charge on any atom is -0.361 e. The zero-order valence-electron chi connectivity index (χ0n) is 11.1. The van der Waals surface area contributed by atoms with Crippen molar-refractivity contribution in [1.82, 2.24) is 5.16 Å². The molecule has 0 radical (unpaired) electrons. The molecule has 102 valence electrons. The summed E-state index contributed by atoms with van der Waals surface area (Å²) >= 11 is 0. The third-order valence-electron chi connectivity index (χ3n) is 3.51. The number of rotatable bonds is 1. The number of anilines is 1. The Morgan fingerprint density at radius 1 is 1.35 bits per heavy atom. The van der Waals surface area contributed by atoms with Crippen molar-refractivity contribution >= 4 is 17.4 Å². The van der Waals surface area contributed by atoms with Crippen LogP contribution < -0.4 is 4.90 Å². The summed E-state index contributed by atoms with van der Waals surface area (Å²) in [4.78, 5) is 26.3. The van der Waals surface area contributed by atoms with E-state index in [1.807, 2.05) is 12.1 Å². The van der Waals surface area contributed by atoms with Gasteiger partial charge in [-0.25, -0.2) is 0 Å². The van der Waals surface area contributed by atoms with Crippen LogP contribution in [0.15, 0.2) is 35.0 Å². The van der Waals surface area contributed by atoms with Crippen LogP contribution in [0.5, 0.6) is 0 Å². The minimum absolute atomic E-state index is 0.0814. The standard InChI is InChI=1S/C15H14N2O3/c1-10-12(9-16-20-10)15(19)17-8-4-7-14(18)11-5-2-3-6-13(11)17/h2-3,5-6,9H,4,7-8H2,1H3. The molecule has 0 fully saturated rings. The zero-order chi connectivity index (χ0) is 14.1. The van der Waals surface area contributed by atoms with Gasteiger partial charge in [0, 0.05) is 18.5 Å². The third-order valence-corrected chi connectivity index (χ3v) is 3.51. The highest BCUT2D eigenvalue weighted by Gasteiger charge is 2.27. The van der Waals surface area contributed by atoms with Crippen molar-refractivity contribution in [1.29, 1.82) is 0 Å². The van der Waals surface area contributed by atoms with E-state index in [0.717, 1.165) is 0 Å². The predicted octanol–water partition coefficient (Wildman–Crippen LogP) is 2.61.